The lowest BCUT2D eigenvalue weighted by atomic mass is 9.98. The molecule has 6 nitrogen and oxygen atoms in total. The minimum atomic E-state index is -0.116. The van der Waals surface area contributed by atoms with Crippen LogP contribution >= 0.6 is 0 Å². The van der Waals surface area contributed by atoms with Crippen molar-refractivity contribution in [2.24, 2.45) is 0 Å². The summed E-state index contributed by atoms with van der Waals surface area (Å²) in [7, 11) is 1.65. The second-order valence-electron chi connectivity index (χ2n) is 8.07. The predicted molar refractivity (Wildman–Crippen MR) is 116 cm³/mol. The van der Waals surface area contributed by atoms with Gasteiger partial charge < -0.3 is 19.7 Å². The molecule has 2 aromatic rings. The van der Waals surface area contributed by atoms with Gasteiger partial charge in [-0.15, -0.1) is 0 Å². The molecular formula is C24H28N2O4. The van der Waals surface area contributed by atoms with E-state index >= 15 is 0 Å². The molecule has 1 atom stereocenters. The fourth-order valence-electron chi connectivity index (χ4n) is 4.33. The summed E-state index contributed by atoms with van der Waals surface area (Å²) in [6.07, 6.45) is 5.29. The fourth-order valence-corrected chi connectivity index (χ4v) is 4.33. The van der Waals surface area contributed by atoms with Crippen molar-refractivity contribution < 1.29 is 19.1 Å². The normalized spacial score (nSPS) is 19.2. The number of hydrogen-bond acceptors (Lipinski definition) is 4. The first-order valence-electron chi connectivity index (χ1n) is 10.6. The van der Waals surface area contributed by atoms with Crippen molar-refractivity contribution in [1.29, 1.82) is 0 Å². The smallest absolute Gasteiger partial charge is 0.227 e. The number of carbonyl (C=O) groups is 2. The zero-order chi connectivity index (χ0) is 21.1. The number of rotatable bonds is 6. The maximum absolute atomic E-state index is 12.7. The lowest BCUT2D eigenvalue weighted by molar-refractivity contribution is -0.117. The van der Waals surface area contributed by atoms with E-state index in [4.69, 9.17) is 9.47 Å². The van der Waals surface area contributed by atoms with Gasteiger partial charge in [-0.1, -0.05) is 6.07 Å². The summed E-state index contributed by atoms with van der Waals surface area (Å²) in [6, 6.07) is 13.4. The van der Waals surface area contributed by atoms with E-state index in [0.717, 1.165) is 41.3 Å². The highest BCUT2D eigenvalue weighted by atomic mass is 16.5. The van der Waals surface area contributed by atoms with E-state index in [-0.39, 0.29) is 23.8 Å². The lowest BCUT2D eigenvalue weighted by Crippen LogP contribution is -2.24. The number of carbonyl (C=O) groups excluding carboxylic acids is 2. The summed E-state index contributed by atoms with van der Waals surface area (Å²) in [5, 5.41) is 2.75. The summed E-state index contributed by atoms with van der Waals surface area (Å²) >= 11 is 0. The molecule has 30 heavy (non-hydrogen) atoms. The van der Waals surface area contributed by atoms with Crippen LogP contribution in [0.15, 0.2) is 42.5 Å². The summed E-state index contributed by atoms with van der Waals surface area (Å²) in [6.45, 7) is 2.09. The average Bonchev–Trinajstić information content (AvgIpc) is 3.38. The fraction of sp³-hybridized carbons (Fsp3) is 0.417. The molecule has 2 fully saturated rings. The number of ether oxygens (including phenoxy) is 2. The zero-order valence-corrected chi connectivity index (χ0v) is 17.5. The Morgan fingerprint density at radius 1 is 1.07 bits per heavy atom. The number of amides is 2. The molecule has 1 heterocycles. The molecule has 1 aliphatic heterocycles. The van der Waals surface area contributed by atoms with Crippen LogP contribution in [0.25, 0.3) is 0 Å². The van der Waals surface area contributed by atoms with Crippen LogP contribution in [0.2, 0.25) is 0 Å². The van der Waals surface area contributed by atoms with Crippen LogP contribution < -0.4 is 19.7 Å². The van der Waals surface area contributed by atoms with Crippen molar-refractivity contribution in [2.45, 2.75) is 51.0 Å². The standard InChI is InChI=1S/C24H28N2O4/c1-16(27)25-19-8-10-20(11-9-19)26-15-18(14-24(26)28)17-7-12-22(29-2)23(13-17)30-21-5-3-4-6-21/h7-13,18,21H,3-6,14-15H2,1-2H3,(H,25,27)/t18-/m0/s1. The molecule has 158 valence electrons. The summed E-state index contributed by atoms with van der Waals surface area (Å²) < 4.78 is 11.7. The Bertz CT molecular complexity index is 919. The Morgan fingerprint density at radius 3 is 2.47 bits per heavy atom. The molecule has 0 unspecified atom stereocenters. The van der Waals surface area contributed by atoms with Gasteiger partial charge >= 0.3 is 0 Å². The van der Waals surface area contributed by atoms with Crippen LogP contribution in [0.4, 0.5) is 11.4 Å². The maximum Gasteiger partial charge on any atom is 0.227 e. The first-order chi connectivity index (χ1) is 14.5. The van der Waals surface area contributed by atoms with Crippen LogP contribution in [0.5, 0.6) is 11.5 Å². The quantitative estimate of drug-likeness (QED) is 0.764. The van der Waals surface area contributed by atoms with Crippen molar-refractivity contribution in [2.75, 3.05) is 23.9 Å². The van der Waals surface area contributed by atoms with Gasteiger partial charge in [-0.25, -0.2) is 0 Å². The molecule has 0 spiro atoms. The minimum absolute atomic E-state index is 0.0985. The summed E-state index contributed by atoms with van der Waals surface area (Å²) in [5.41, 5.74) is 2.65. The van der Waals surface area contributed by atoms with Gasteiger partial charge in [0.2, 0.25) is 11.8 Å². The predicted octanol–water partition coefficient (Wildman–Crippen LogP) is 4.50. The third-order valence-electron chi connectivity index (χ3n) is 5.88. The molecular weight excluding hydrogens is 380 g/mol. The van der Waals surface area contributed by atoms with E-state index < -0.39 is 0 Å². The van der Waals surface area contributed by atoms with E-state index in [1.807, 2.05) is 47.4 Å². The number of benzene rings is 2. The SMILES string of the molecule is COc1ccc([C@H]2CC(=O)N(c3ccc(NC(C)=O)cc3)C2)cc1OC1CCCC1. The summed E-state index contributed by atoms with van der Waals surface area (Å²) in [4.78, 5) is 25.7. The molecule has 1 saturated carbocycles. The minimum Gasteiger partial charge on any atom is -0.493 e. The molecule has 2 aromatic carbocycles. The van der Waals surface area contributed by atoms with Gasteiger partial charge in [0.1, 0.15) is 0 Å². The van der Waals surface area contributed by atoms with Crippen LogP contribution in [0.1, 0.15) is 50.5 Å². The number of nitrogens with one attached hydrogen (secondary N) is 1. The molecule has 6 heteroatoms. The highest BCUT2D eigenvalue weighted by molar-refractivity contribution is 5.97. The third-order valence-corrected chi connectivity index (χ3v) is 5.88. The maximum atomic E-state index is 12.7. The third kappa shape index (κ3) is 4.42. The van der Waals surface area contributed by atoms with Crippen LogP contribution in [-0.4, -0.2) is 31.6 Å². The van der Waals surface area contributed by atoms with Gasteiger partial charge in [-0.3, -0.25) is 9.59 Å². The van der Waals surface area contributed by atoms with Gasteiger partial charge in [0.25, 0.3) is 0 Å². The second-order valence-corrected chi connectivity index (χ2v) is 8.07. The van der Waals surface area contributed by atoms with E-state index in [0.29, 0.717) is 13.0 Å². The van der Waals surface area contributed by atoms with Crippen LogP contribution in [0, 0.1) is 0 Å². The Morgan fingerprint density at radius 2 is 1.80 bits per heavy atom. The van der Waals surface area contributed by atoms with Crippen molar-refractivity contribution in [3.63, 3.8) is 0 Å². The van der Waals surface area contributed by atoms with E-state index in [1.165, 1.54) is 19.8 Å². The number of nitrogens with zero attached hydrogens (tertiary/aromatic N) is 1. The largest absolute Gasteiger partial charge is 0.493 e. The lowest BCUT2D eigenvalue weighted by Gasteiger charge is -2.19. The van der Waals surface area contributed by atoms with Gasteiger partial charge in [0.15, 0.2) is 11.5 Å². The molecule has 0 bridgehead atoms. The molecule has 1 saturated heterocycles. The Labute approximate surface area is 177 Å². The monoisotopic (exact) mass is 408 g/mol. The van der Waals surface area contributed by atoms with Crippen LogP contribution in [-0.2, 0) is 9.59 Å². The van der Waals surface area contributed by atoms with Gasteiger partial charge in [0.05, 0.1) is 13.2 Å². The van der Waals surface area contributed by atoms with Crippen LogP contribution in [0.3, 0.4) is 0 Å². The number of methoxy groups -OCH3 is 1. The highest BCUT2D eigenvalue weighted by Gasteiger charge is 2.32. The Hall–Kier alpha value is -3.02. The Kier molecular flexibility index (Phi) is 5.93. The second kappa shape index (κ2) is 8.78. The summed E-state index contributed by atoms with van der Waals surface area (Å²) in [5.74, 6) is 1.59. The molecule has 4 rings (SSSR count). The van der Waals surface area contributed by atoms with Gasteiger partial charge in [-0.05, 0) is 67.6 Å². The first-order valence-corrected chi connectivity index (χ1v) is 10.6. The number of anilines is 2. The Balaban J connectivity index is 1.49. The molecule has 2 amide bonds. The van der Waals surface area contributed by atoms with Gasteiger partial charge in [-0.2, -0.15) is 0 Å². The highest BCUT2D eigenvalue weighted by Crippen LogP contribution is 2.38. The van der Waals surface area contributed by atoms with Crippen molar-refractivity contribution >= 4 is 23.2 Å². The van der Waals surface area contributed by atoms with E-state index in [1.54, 1.807) is 7.11 Å². The molecule has 0 radical (unpaired) electrons. The van der Waals surface area contributed by atoms with E-state index in [2.05, 4.69) is 5.32 Å². The van der Waals surface area contributed by atoms with Crippen molar-refractivity contribution in [3.05, 3.63) is 48.0 Å². The molecule has 1 N–H and O–H groups in total. The molecule has 2 aliphatic rings. The molecule has 0 aromatic heterocycles. The topological polar surface area (TPSA) is 67.9 Å². The average molecular weight is 408 g/mol. The van der Waals surface area contributed by atoms with E-state index in [9.17, 15) is 9.59 Å². The molecule has 1 aliphatic carbocycles. The van der Waals surface area contributed by atoms with Gasteiger partial charge in [0, 0.05) is 37.2 Å². The number of hydrogen-bond donors (Lipinski definition) is 1. The van der Waals surface area contributed by atoms with Crippen molar-refractivity contribution in [3.8, 4) is 11.5 Å². The van der Waals surface area contributed by atoms with Crippen molar-refractivity contribution in [1.82, 2.24) is 0 Å². The first kappa shape index (κ1) is 20.3. The zero-order valence-electron chi connectivity index (χ0n) is 17.5.